The molecule has 30 heavy (non-hydrogen) atoms. The molecule has 4 rings (SSSR count). The summed E-state index contributed by atoms with van der Waals surface area (Å²) in [5.74, 6) is -2.55. The van der Waals surface area contributed by atoms with Crippen molar-refractivity contribution in [3.05, 3.63) is 52.6 Å². The van der Waals surface area contributed by atoms with Gasteiger partial charge >= 0.3 is 0 Å². The van der Waals surface area contributed by atoms with Crippen LogP contribution in [-0.4, -0.2) is 54.2 Å². The summed E-state index contributed by atoms with van der Waals surface area (Å²) in [5, 5.41) is 12.4. The van der Waals surface area contributed by atoms with Gasteiger partial charge in [0.2, 0.25) is 0 Å². The van der Waals surface area contributed by atoms with Gasteiger partial charge in [-0.1, -0.05) is 11.6 Å². The zero-order valence-electron chi connectivity index (χ0n) is 15.5. The summed E-state index contributed by atoms with van der Waals surface area (Å²) in [6.07, 6.45) is -0.745. The lowest BCUT2D eigenvalue weighted by Crippen LogP contribution is -2.56. The Morgan fingerprint density at radius 3 is 2.77 bits per heavy atom. The van der Waals surface area contributed by atoms with Crippen LogP contribution in [0.2, 0.25) is 5.02 Å². The van der Waals surface area contributed by atoms with Gasteiger partial charge in [-0.3, -0.25) is 9.59 Å². The molecule has 0 bridgehead atoms. The zero-order chi connectivity index (χ0) is 21.4. The van der Waals surface area contributed by atoms with Gasteiger partial charge in [0, 0.05) is 30.1 Å². The highest BCUT2D eigenvalue weighted by Crippen LogP contribution is 2.33. The Kier molecular flexibility index (Phi) is 5.48. The van der Waals surface area contributed by atoms with Crippen molar-refractivity contribution in [1.82, 2.24) is 4.90 Å². The fourth-order valence-corrected chi connectivity index (χ4v) is 3.52. The van der Waals surface area contributed by atoms with Crippen LogP contribution in [0.1, 0.15) is 10.4 Å². The number of hydrogen-bond donors (Lipinski definition) is 2. The Morgan fingerprint density at radius 1 is 1.30 bits per heavy atom. The van der Waals surface area contributed by atoms with Crippen molar-refractivity contribution in [2.45, 2.75) is 6.10 Å². The third kappa shape index (κ3) is 3.90. The van der Waals surface area contributed by atoms with E-state index >= 15 is 0 Å². The van der Waals surface area contributed by atoms with Crippen molar-refractivity contribution in [1.29, 1.82) is 0 Å². The fourth-order valence-electron chi connectivity index (χ4n) is 3.37. The van der Waals surface area contributed by atoms with Gasteiger partial charge in [-0.05, 0) is 24.3 Å². The van der Waals surface area contributed by atoms with Crippen LogP contribution >= 0.6 is 11.6 Å². The molecular weight excluding hydrogens is 422 g/mol. The summed E-state index contributed by atoms with van der Waals surface area (Å²) in [6, 6.07) is 6.22. The Labute approximate surface area is 175 Å². The molecule has 1 fully saturated rings. The second-order valence-corrected chi connectivity index (χ2v) is 7.49. The maximum atomic E-state index is 14.4. The van der Waals surface area contributed by atoms with E-state index in [2.05, 4.69) is 5.32 Å². The Morgan fingerprint density at radius 2 is 2.07 bits per heavy atom. The molecule has 0 aliphatic carbocycles. The SMILES string of the molecule is O=C1COc2cc(F)c(C(=O)N3CC(C(CO)Oc4ccc(Cl)cc4F)C3)cc2N1. The van der Waals surface area contributed by atoms with E-state index in [1.54, 1.807) is 0 Å². The second-order valence-electron chi connectivity index (χ2n) is 7.05. The van der Waals surface area contributed by atoms with E-state index in [1.165, 1.54) is 23.1 Å². The van der Waals surface area contributed by atoms with Crippen molar-refractivity contribution in [3.8, 4) is 11.5 Å². The molecule has 10 heteroatoms. The summed E-state index contributed by atoms with van der Waals surface area (Å²) < 4.78 is 39.0. The Balaban J connectivity index is 1.42. The summed E-state index contributed by atoms with van der Waals surface area (Å²) in [4.78, 5) is 25.5. The summed E-state index contributed by atoms with van der Waals surface area (Å²) in [6.45, 7) is -0.215. The van der Waals surface area contributed by atoms with Gasteiger partial charge in [0.05, 0.1) is 17.9 Å². The standard InChI is InChI=1S/C20H17ClF2N2O5/c21-11-1-2-16(14(23)3-11)30-18(8-26)10-6-25(7-10)20(28)12-4-15-17(5-13(12)22)29-9-19(27)24-15/h1-5,10,18,26H,6-9H2,(H,24,27). The van der Waals surface area contributed by atoms with Gasteiger partial charge in [0.15, 0.2) is 18.2 Å². The largest absolute Gasteiger partial charge is 0.485 e. The molecule has 1 saturated heterocycles. The smallest absolute Gasteiger partial charge is 0.262 e. The number of ether oxygens (including phenoxy) is 2. The quantitative estimate of drug-likeness (QED) is 0.748. The molecule has 2 aliphatic heterocycles. The van der Waals surface area contributed by atoms with Gasteiger partial charge in [-0.15, -0.1) is 0 Å². The van der Waals surface area contributed by atoms with Gasteiger partial charge in [-0.25, -0.2) is 8.78 Å². The number of carbonyl (C=O) groups is 2. The summed E-state index contributed by atoms with van der Waals surface area (Å²) in [5.41, 5.74) is 0.0195. The highest BCUT2D eigenvalue weighted by atomic mass is 35.5. The first-order valence-electron chi connectivity index (χ1n) is 9.13. The van der Waals surface area contributed by atoms with Crippen molar-refractivity contribution >= 4 is 29.1 Å². The van der Waals surface area contributed by atoms with Crippen LogP contribution in [0.25, 0.3) is 0 Å². The number of anilines is 1. The maximum Gasteiger partial charge on any atom is 0.262 e. The van der Waals surface area contributed by atoms with E-state index in [1.807, 2.05) is 0 Å². The highest BCUT2D eigenvalue weighted by molar-refractivity contribution is 6.30. The molecule has 1 atom stereocenters. The molecule has 2 aromatic carbocycles. The van der Waals surface area contributed by atoms with Crippen LogP contribution in [-0.2, 0) is 4.79 Å². The molecule has 158 valence electrons. The molecule has 0 aromatic heterocycles. The van der Waals surface area contributed by atoms with E-state index in [4.69, 9.17) is 21.1 Å². The van der Waals surface area contributed by atoms with Gasteiger partial charge in [0.25, 0.3) is 11.8 Å². The number of nitrogens with one attached hydrogen (secondary N) is 1. The van der Waals surface area contributed by atoms with Crippen molar-refractivity contribution in [2.24, 2.45) is 5.92 Å². The lowest BCUT2D eigenvalue weighted by atomic mass is 9.92. The predicted octanol–water partition coefficient (Wildman–Crippen LogP) is 2.46. The monoisotopic (exact) mass is 438 g/mol. The first kappa shape index (κ1) is 20.4. The molecule has 2 aliphatic rings. The number of benzene rings is 2. The molecule has 7 nitrogen and oxygen atoms in total. The second kappa shape index (κ2) is 8.08. The lowest BCUT2D eigenvalue weighted by Gasteiger charge is -2.42. The minimum absolute atomic E-state index is 0.0558. The van der Waals surface area contributed by atoms with Gasteiger partial charge in [-0.2, -0.15) is 0 Å². The van der Waals surface area contributed by atoms with Crippen molar-refractivity contribution in [2.75, 3.05) is 31.6 Å². The molecule has 2 aromatic rings. The number of aliphatic hydroxyl groups excluding tert-OH is 1. The summed E-state index contributed by atoms with van der Waals surface area (Å²) in [7, 11) is 0. The van der Waals surface area contributed by atoms with Crippen LogP contribution in [0, 0.1) is 17.6 Å². The number of carbonyl (C=O) groups excluding carboxylic acids is 2. The zero-order valence-corrected chi connectivity index (χ0v) is 16.3. The van der Waals surface area contributed by atoms with E-state index < -0.39 is 29.6 Å². The average molecular weight is 439 g/mol. The predicted molar refractivity (Wildman–Crippen MR) is 103 cm³/mol. The Hall–Kier alpha value is -2.91. The lowest BCUT2D eigenvalue weighted by molar-refractivity contribution is -0.118. The van der Waals surface area contributed by atoms with Crippen molar-refractivity contribution in [3.63, 3.8) is 0 Å². The first-order valence-corrected chi connectivity index (χ1v) is 9.51. The number of nitrogens with zero attached hydrogens (tertiary/aromatic N) is 1. The minimum atomic E-state index is -0.767. The average Bonchev–Trinajstić information content (AvgIpc) is 2.67. The molecule has 2 amide bonds. The van der Waals surface area contributed by atoms with Crippen LogP contribution in [0.4, 0.5) is 14.5 Å². The third-order valence-electron chi connectivity index (χ3n) is 5.01. The molecule has 1 unspecified atom stereocenters. The van der Waals surface area contributed by atoms with Gasteiger partial charge in [0.1, 0.15) is 17.7 Å². The third-order valence-corrected chi connectivity index (χ3v) is 5.24. The van der Waals surface area contributed by atoms with Crippen LogP contribution in [0.15, 0.2) is 30.3 Å². The number of halogens is 3. The number of hydrogen-bond acceptors (Lipinski definition) is 5. The van der Waals surface area contributed by atoms with E-state index in [9.17, 15) is 23.5 Å². The number of fused-ring (bicyclic) bond motifs is 1. The van der Waals surface area contributed by atoms with E-state index in [-0.39, 0.29) is 60.0 Å². The molecular formula is C20H17ClF2N2O5. The highest BCUT2D eigenvalue weighted by Gasteiger charge is 2.39. The maximum absolute atomic E-state index is 14.4. The fraction of sp³-hybridized carbons (Fsp3) is 0.300. The van der Waals surface area contributed by atoms with E-state index in [0.717, 1.165) is 12.1 Å². The number of aliphatic hydroxyl groups is 1. The van der Waals surface area contributed by atoms with E-state index in [0.29, 0.717) is 0 Å². The molecule has 0 radical (unpaired) electrons. The molecule has 0 saturated carbocycles. The minimum Gasteiger partial charge on any atom is -0.485 e. The van der Waals surface area contributed by atoms with Crippen LogP contribution in [0.3, 0.4) is 0 Å². The van der Waals surface area contributed by atoms with Gasteiger partial charge < -0.3 is 24.8 Å². The molecule has 0 spiro atoms. The molecule has 2 heterocycles. The Bertz CT molecular complexity index is 1010. The molecule has 2 N–H and O–H groups in total. The number of amides is 2. The number of likely N-dealkylation sites (tertiary alicyclic amines) is 1. The van der Waals surface area contributed by atoms with Crippen LogP contribution in [0.5, 0.6) is 11.5 Å². The van der Waals surface area contributed by atoms with Crippen LogP contribution < -0.4 is 14.8 Å². The topological polar surface area (TPSA) is 88.1 Å². The van der Waals surface area contributed by atoms with Crippen molar-refractivity contribution < 1.29 is 33.0 Å². The number of rotatable bonds is 5. The normalized spacial score (nSPS) is 16.8. The summed E-state index contributed by atoms with van der Waals surface area (Å²) >= 11 is 5.71. The first-order chi connectivity index (χ1) is 14.4.